The van der Waals surface area contributed by atoms with Crippen LogP contribution in [-0.4, -0.2) is 8.32 Å². The van der Waals surface area contributed by atoms with Crippen molar-refractivity contribution >= 4 is 20.1 Å². The molecule has 0 radical (unpaired) electrons. The topological polar surface area (TPSA) is 33.0 Å². The molecule has 0 aromatic heterocycles. The number of rotatable bonds is 5. The lowest BCUT2D eigenvalue weighted by Gasteiger charge is -2.19. The van der Waals surface area contributed by atoms with E-state index in [9.17, 15) is 0 Å². The second-order valence-corrected chi connectivity index (χ2v) is 8.84. The minimum absolute atomic E-state index is 0.803. The molecular formula is C10H17NOSSi. The SMILES string of the molecule is CC/C=C/C(=C/SC#N)O[Si](C)(C)C. The first-order valence-electron chi connectivity index (χ1n) is 4.60. The molecule has 0 N–H and O–H groups in total. The molecule has 4 heteroatoms. The van der Waals surface area contributed by atoms with Crippen LogP contribution in [0.1, 0.15) is 13.3 Å². The van der Waals surface area contributed by atoms with E-state index in [2.05, 4.69) is 26.6 Å². The monoisotopic (exact) mass is 227 g/mol. The Morgan fingerprint density at radius 2 is 2.14 bits per heavy atom. The number of thiocyanates is 1. The summed E-state index contributed by atoms with van der Waals surface area (Å²) in [6.07, 6.45) is 4.94. The predicted octanol–water partition coefficient (Wildman–Crippen LogP) is 3.86. The summed E-state index contributed by atoms with van der Waals surface area (Å²) in [5.41, 5.74) is 0. The first-order valence-corrected chi connectivity index (χ1v) is 8.89. The molecule has 0 fully saturated rings. The van der Waals surface area contributed by atoms with Crippen molar-refractivity contribution in [3.63, 3.8) is 0 Å². The lowest BCUT2D eigenvalue weighted by molar-refractivity contribution is 0.443. The normalized spacial score (nSPS) is 12.9. The summed E-state index contributed by atoms with van der Waals surface area (Å²) in [7, 11) is -1.56. The quantitative estimate of drug-likeness (QED) is 0.309. The summed E-state index contributed by atoms with van der Waals surface area (Å²) < 4.78 is 5.78. The van der Waals surface area contributed by atoms with E-state index in [1.807, 2.05) is 17.6 Å². The second kappa shape index (κ2) is 6.74. The highest BCUT2D eigenvalue weighted by molar-refractivity contribution is 8.06. The van der Waals surface area contributed by atoms with E-state index in [-0.39, 0.29) is 0 Å². The molecule has 0 heterocycles. The molecule has 0 atom stereocenters. The van der Waals surface area contributed by atoms with Crippen molar-refractivity contribution in [2.75, 3.05) is 0 Å². The van der Waals surface area contributed by atoms with Crippen molar-refractivity contribution in [2.45, 2.75) is 33.0 Å². The van der Waals surface area contributed by atoms with E-state index in [0.717, 1.165) is 23.9 Å². The van der Waals surface area contributed by atoms with Crippen molar-refractivity contribution in [3.05, 3.63) is 23.3 Å². The highest BCUT2D eigenvalue weighted by Gasteiger charge is 2.16. The van der Waals surface area contributed by atoms with Gasteiger partial charge in [0.15, 0.2) is 0 Å². The number of hydrogen-bond acceptors (Lipinski definition) is 3. The van der Waals surface area contributed by atoms with Gasteiger partial charge < -0.3 is 4.43 Å². The van der Waals surface area contributed by atoms with Gasteiger partial charge in [-0.1, -0.05) is 13.0 Å². The number of nitrogens with zero attached hydrogens (tertiary/aromatic N) is 1. The zero-order chi connectivity index (χ0) is 11.0. The second-order valence-electron chi connectivity index (χ2n) is 3.75. The fourth-order valence-corrected chi connectivity index (χ4v) is 1.98. The molecule has 14 heavy (non-hydrogen) atoms. The van der Waals surface area contributed by atoms with Gasteiger partial charge in [-0.2, -0.15) is 5.26 Å². The number of hydrogen-bond donors (Lipinski definition) is 0. The molecule has 0 amide bonds. The molecule has 78 valence electrons. The molecule has 0 spiro atoms. The van der Waals surface area contributed by atoms with Crippen molar-refractivity contribution in [1.29, 1.82) is 5.26 Å². The molecule has 0 aliphatic rings. The summed E-state index contributed by atoms with van der Waals surface area (Å²) >= 11 is 1.10. The van der Waals surface area contributed by atoms with Crippen LogP contribution >= 0.6 is 11.8 Å². The van der Waals surface area contributed by atoms with E-state index in [1.165, 1.54) is 0 Å². The van der Waals surface area contributed by atoms with Crippen LogP contribution in [0.15, 0.2) is 23.3 Å². The highest BCUT2D eigenvalue weighted by Crippen LogP contribution is 2.15. The smallest absolute Gasteiger partial charge is 0.242 e. The number of nitriles is 1. The van der Waals surface area contributed by atoms with Crippen molar-refractivity contribution in [1.82, 2.24) is 0 Å². The Morgan fingerprint density at radius 3 is 2.57 bits per heavy atom. The number of allylic oxidation sites excluding steroid dienone is 2. The Kier molecular flexibility index (Phi) is 6.42. The van der Waals surface area contributed by atoms with Gasteiger partial charge in [0.05, 0.1) is 0 Å². The molecule has 0 saturated heterocycles. The zero-order valence-electron chi connectivity index (χ0n) is 9.20. The Labute approximate surface area is 91.8 Å². The number of thioether (sulfide) groups is 1. The van der Waals surface area contributed by atoms with Crippen LogP contribution in [0.25, 0.3) is 0 Å². The highest BCUT2D eigenvalue weighted by atomic mass is 32.2. The molecule has 2 nitrogen and oxygen atoms in total. The van der Waals surface area contributed by atoms with Crippen molar-refractivity contribution in [3.8, 4) is 5.40 Å². The van der Waals surface area contributed by atoms with Crippen LogP contribution in [0.5, 0.6) is 0 Å². The summed E-state index contributed by atoms with van der Waals surface area (Å²) in [4.78, 5) is 0. The molecule has 0 rings (SSSR count). The van der Waals surface area contributed by atoms with E-state index >= 15 is 0 Å². The third kappa shape index (κ3) is 7.96. The Balaban J connectivity index is 4.42. The van der Waals surface area contributed by atoms with Gasteiger partial charge in [0, 0.05) is 5.41 Å². The summed E-state index contributed by atoms with van der Waals surface area (Å²) in [5.74, 6) is 0.803. The van der Waals surface area contributed by atoms with Gasteiger partial charge in [0.2, 0.25) is 8.32 Å². The lowest BCUT2D eigenvalue weighted by Crippen LogP contribution is -2.24. The fourth-order valence-electron chi connectivity index (χ4n) is 0.769. The largest absolute Gasteiger partial charge is 0.544 e. The van der Waals surface area contributed by atoms with Crippen LogP contribution in [-0.2, 0) is 4.43 Å². The fraction of sp³-hybridized carbons (Fsp3) is 0.500. The maximum atomic E-state index is 8.44. The van der Waals surface area contributed by atoms with Crippen LogP contribution < -0.4 is 0 Å². The molecule has 0 unspecified atom stereocenters. The van der Waals surface area contributed by atoms with Crippen LogP contribution in [0, 0.1) is 10.7 Å². The summed E-state index contributed by atoms with van der Waals surface area (Å²) in [6, 6.07) is 0. The maximum absolute atomic E-state index is 8.44. The van der Waals surface area contributed by atoms with E-state index < -0.39 is 8.32 Å². The third-order valence-electron chi connectivity index (χ3n) is 1.17. The average Bonchev–Trinajstić information content (AvgIpc) is 2.07. The van der Waals surface area contributed by atoms with Gasteiger partial charge in [0.1, 0.15) is 11.2 Å². The van der Waals surface area contributed by atoms with Crippen LogP contribution in [0.4, 0.5) is 0 Å². The standard InChI is InChI=1S/C10H17NOSSi/c1-5-6-7-10(8-13-9-11)12-14(2,3)4/h6-8H,5H2,1-4H3/b7-6+,10-8-. The Hall–Kier alpha value is -0.663. The summed E-state index contributed by atoms with van der Waals surface area (Å²) in [6.45, 7) is 8.44. The molecule has 0 aromatic rings. The van der Waals surface area contributed by atoms with Gasteiger partial charge in [-0.25, -0.2) is 0 Å². The predicted molar refractivity (Wildman–Crippen MR) is 65.1 cm³/mol. The molecule has 0 aromatic carbocycles. The van der Waals surface area contributed by atoms with Crippen LogP contribution in [0.2, 0.25) is 19.6 Å². The molecule has 0 bridgehead atoms. The lowest BCUT2D eigenvalue weighted by atomic mass is 10.4. The minimum Gasteiger partial charge on any atom is -0.544 e. The first kappa shape index (κ1) is 13.3. The first-order chi connectivity index (χ1) is 6.49. The molecule has 0 aliphatic heterocycles. The zero-order valence-corrected chi connectivity index (χ0v) is 11.0. The Bertz CT molecular complexity index is 260. The molecular weight excluding hydrogens is 210 g/mol. The van der Waals surface area contributed by atoms with Gasteiger partial charge in [-0.15, -0.1) is 0 Å². The van der Waals surface area contributed by atoms with Crippen LogP contribution in [0.3, 0.4) is 0 Å². The van der Waals surface area contributed by atoms with Gasteiger partial charge in [-0.3, -0.25) is 0 Å². The average molecular weight is 227 g/mol. The van der Waals surface area contributed by atoms with Crippen molar-refractivity contribution in [2.24, 2.45) is 0 Å². The summed E-state index contributed by atoms with van der Waals surface area (Å²) in [5, 5.41) is 12.2. The molecule has 0 saturated carbocycles. The van der Waals surface area contributed by atoms with Crippen molar-refractivity contribution < 1.29 is 4.43 Å². The van der Waals surface area contributed by atoms with E-state index in [1.54, 1.807) is 5.41 Å². The van der Waals surface area contributed by atoms with Gasteiger partial charge >= 0.3 is 0 Å². The van der Waals surface area contributed by atoms with E-state index in [4.69, 9.17) is 9.69 Å². The molecule has 0 aliphatic carbocycles. The Morgan fingerprint density at radius 1 is 1.50 bits per heavy atom. The third-order valence-corrected chi connectivity index (χ3v) is 2.47. The van der Waals surface area contributed by atoms with Gasteiger partial charge in [0.25, 0.3) is 0 Å². The van der Waals surface area contributed by atoms with E-state index in [0.29, 0.717) is 0 Å². The maximum Gasteiger partial charge on any atom is 0.242 e. The minimum atomic E-state index is -1.56. The van der Waals surface area contributed by atoms with Gasteiger partial charge in [-0.05, 0) is 43.9 Å².